The minimum atomic E-state index is -2.73. The lowest BCUT2D eigenvalue weighted by Crippen LogP contribution is -2.34. The van der Waals surface area contributed by atoms with Gasteiger partial charge < -0.3 is 9.47 Å². The van der Waals surface area contributed by atoms with Gasteiger partial charge in [0.15, 0.2) is 19.1 Å². The Hall–Kier alpha value is -1.38. The van der Waals surface area contributed by atoms with Gasteiger partial charge in [-0.3, -0.25) is 14.3 Å². The van der Waals surface area contributed by atoms with E-state index in [1.807, 2.05) is 0 Å². The highest BCUT2D eigenvalue weighted by Gasteiger charge is 2.31. The molecule has 2 N–H and O–H groups in total. The third kappa shape index (κ3) is 3.34. The van der Waals surface area contributed by atoms with Gasteiger partial charge >= 0.3 is 13.9 Å². The van der Waals surface area contributed by atoms with E-state index in [0.717, 1.165) is 0 Å². The molecule has 1 aliphatic rings. The monoisotopic (exact) mass is 291 g/mol. The number of aromatic nitrogens is 2. The van der Waals surface area contributed by atoms with Gasteiger partial charge in [0.2, 0.25) is 0 Å². The summed E-state index contributed by atoms with van der Waals surface area (Å²) < 4.78 is 26.5. The summed E-state index contributed by atoms with van der Waals surface area (Å²) in [6.07, 6.45) is -0.186. The Bertz CT molecular complexity index is 595. The number of hydrogen-bond acceptors (Lipinski definition) is 6. The normalized spacial score (nSPS) is 23.6. The topological polar surface area (TPSA) is 120 Å². The molecule has 0 spiro atoms. The van der Waals surface area contributed by atoms with Crippen LogP contribution in [0, 0.1) is 6.92 Å². The fourth-order valence-electron chi connectivity index (χ4n) is 1.60. The van der Waals surface area contributed by atoms with Gasteiger partial charge in [0.25, 0.3) is 5.56 Å². The molecule has 2 rings (SSSR count). The average Bonchev–Trinajstić information content (AvgIpc) is 2.80. The highest BCUT2D eigenvalue weighted by Crippen LogP contribution is 2.23. The predicted octanol–water partition coefficient (Wildman–Crippen LogP) is -0.617. The van der Waals surface area contributed by atoms with Crippen LogP contribution in [0.2, 0.25) is 0 Å². The van der Waals surface area contributed by atoms with E-state index >= 15 is 0 Å². The van der Waals surface area contributed by atoms with E-state index in [9.17, 15) is 14.2 Å². The fourth-order valence-corrected chi connectivity index (χ4v) is 1.85. The molecular weight excluding hydrogens is 279 g/mol. The first kappa shape index (κ1) is 14.0. The van der Waals surface area contributed by atoms with Crippen molar-refractivity contribution in [3.63, 3.8) is 0 Å². The molecule has 3 unspecified atom stereocenters. The summed E-state index contributed by atoms with van der Waals surface area (Å²) in [5.74, 6) is 0. The maximum atomic E-state index is 11.6. The minimum Gasteiger partial charge on any atom is -0.345 e. The Kier molecular flexibility index (Phi) is 4.23. The van der Waals surface area contributed by atoms with Crippen LogP contribution in [0.3, 0.4) is 0 Å². The van der Waals surface area contributed by atoms with Gasteiger partial charge in [0.1, 0.15) is 0 Å². The number of H-pyrrole nitrogens is 1. The van der Waals surface area contributed by atoms with Gasteiger partial charge in [-0.2, -0.15) is 0 Å². The molecule has 0 aromatic carbocycles. The number of hydrogen-bond donors (Lipinski definition) is 2. The van der Waals surface area contributed by atoms with Crippen LogP contribution >= 0.6 is 8.25 Å². The Morgan fingerprint density at radius 3 is 3.05 bits per heavy atom. The van der Waals surface area contributed by atoms with Crippen LogP contribution in [0.25, 0.3) is 0 Å². The Morgan fingerprint density at radius 1 is 1.63 bits per heavy atom. The zero-order valence-corrected chi connectivity index (χ0v) is 10.8. The van der Waals surface area contributed by atoms with Crippen LogP contribution in [-0.2, 0) is 18.6 Å². The third-order valence-corrected chi connectivity index (χ3v) is 2.88. The molecule has 1 saturated heterocycles. The molecule has 1 aliphatic heterocycles. The minimum absolute atomic E-state index is 0.0711. The van der Waals surface area contributed by atoms with Gasteiger partial charge in [0.05, 0.1) is 6.61 Å². The van der Waals surface area contributed by atoms with Gasteiger partial charge in [-0.25, -0.2) is 4.79 Å². The van der Waals surface area contributed by atoms with Gasteiger partial charge in [-0.15, -0.1) is 9.42 Å². The van der Waals surface area contributed by atoms with Crippen LogP contribution in [0.1, 0.15) is 11.8 Å². The Balaban J connectivity index is 2.09. The Labute approximate surface area is 107 Å². The molecule has 1 fully saturated rings. The molecule has 0 saturated carbocycles. The second-order valence-corrected chi connectivity index (χ2v) is 4.60. The van der Waals surface area contributed by atoms with Gasteiger partial charge in [0, 0.05) is 16.3 Å². The van der Waals surface area contributed by atoms with Crippen LogP contribution in [0.4, 0.5) is 0 Å². The summed E-state index contributed by atoms with van der Waals surface area (Å²) in [6, 6.07) is 0. The van der Waals surface area contributed by atoms with Crippen molar-refractivity contribution >= 4 is 8.25 Å². The molecule has 0 radical (unpaired) electrons. The fraction of sp³-hybridized carbons (Fsp3) is 0.556. The first-order chi connectivity index (χ1) is 8.97. The quantitative estimate of drug-likeness (QED) is 0.709. The summed E-state index contributed by atoms with van der Waals surface area (Å²) in [7, 11) is -2.73. The summed E-state index contributed by atoms with van der Waals surface area (Å²) in [5.41, 5.74) is -0.710. The van der Waals surface area contributed by atoms with E-state index in [4.69, 9.17) is 14.4 Å². The highest BCUT2D eigenvalue weighted by atomic mass is 31.1. The molecule has 3 atom stereocenters. The molecule has 2 heterocycles. The standard InChI is InChI=1S/C9H11N2O7P/c1-5-2-11(9(13)10-8(5)12)6-3-16-7(18-6)4-17-19(14)15/h2,6-7H,3-4H2,1H3,(H-,10,12,13,14,15)/p+1. The highest BCUT2D eigenvalue weighted by molar-refractivity contribution is 7.32. The Morgan fingerprint density at radius 2 is 2.37 bits per heavy atom. The summed E-state index contributed by atoms with van der Waals surface area (Å²) in [5, 5.41) is 0. The molecule has 0 aliphatic carbocycles. The molecule has 19 heavy (non-hydrogen) atoms. The molecule has 0 bridgehead atoms. The molecule has 9 nitrogen and oxygen atoms in total. The predicted molar refractivity (Wildman–Crippen MR) is 61.7 cm³/mol. The molecule has 104 valence electrons. The van der Waals surface area contributed by atoms with E-state index in [2.05, 4.69) is 9.51 Å². The molecule has 10 heteroatoms. The van der Waals surface area contributed by atoms with E-state index in [1.54, 1.807) is 6.92 Å². The SMILES string of the molecule is Cc1cn(C2COC(CO[P+](=O)O)O2)c(=O)[nH]c1=O. The second-order valence-electron chi connectivity index (χ2n) is 3.87. The largest absolute Gasteiger partial charge is 0.694 e. The van der Waals surface area contributed by atoms with Crippen molar-refractivity contribution in [2.24, 2.45) is 0 Å². The second kappa shape index (κ2) is 5.72. The van der Waals surface area contributed by atoms with Crippen molar-refractivity contribution in [3.05, 3.63) is 32.6 Å². The third-order valence-electron chi connectivity index (χ3n) is 2.51. The summed E-state index contributed by atoms with van der Waals surface area (Å²) >= 11 is 0. The summed E-state index contributed by atoms with van der Waals surface area (Å²) in [6.45, 7) is 1.41. The van der Waals surface area contributed by atoms with Crippen molar-refractivity contribution < 1.29 is 23.5 Å². The molecule has 0 amide bonds. The number of ether oxygens (including phenoxy) is 2. The van der Waals surface area contributed by atoms with E-state index in [1.165, 1.54) is 10.8 Å². The summed E-state index contributed by atoms with van der Waals surface area (Å²) in [4.78, 5) is 33.5. The van der Waals surface area contributed by atoms with E-state index in [0.29, 0.717) is 5.56 Å². The zero-order chi connectivity index (χ0) is 14.0. The van der Waals surface area contributed by atoms with Crippen molar-refractivity contribution in [1.29, 1.82) is 0 Å². The van der Waals surface area contributed by atoms with Crippen molar-refractivity contribution in [2.45, 2.75) is 19.4 Å². The lowest BCUT2D eigenvalue weighted by molar-refractivity contribution is -0.0941. The number of aryl methyl sites for hydroxylation is 1. The molecular formula is C9H12N2O7P+. The maximum Gasteiger partial charge on any atom is 0.694 e. The van der Waals surface area contributed by atoms with Gasteiger partial charge in [-0.1, -0.05) is 0 Å². The van der Waals surface area contributed by atoms with E-state index < -0.39 is 32.0 Å². The number of nitrogens with zero attached hydrogens (tertiary/aromatic N) is 1. The van der Waals surface area contributed by atoms with Crippen LogP contribution in [-0.4, -0.2) is 33.9 Å². The van der Waals surface area contributed by atoms with Crippen LogP contribution in [0.5, 0.6) is 0 Å². The molecule has 1 aromatic rings. The zero-order valence-electron chi connectivity index (χ0n) is 9.94. The van der Waals surface area contributed by atoms with Crippen molar-refractivity contribution in [2.75, 3.05) is 13.2 Å². The van der Waals surface area contributed by atoms with Crippen molar-refractivity contribution in [1.82, 2.24) is 9.55 Å². The van der Waals surface area contributed by atoms with E-state index in [-0.39, 0.29) is 13.2 Å². The first-order valence-electron chi connectivity index (χ1n) is 5.35. The van der Waals surface area contributed by atoms with Gasteiger partial charge in [-0.05, 0) is 6.92 Å². The lowest BCUT2D eigenvalue weighted by atomic mass is 10.4. The maximum absolute atomic E-state index is 11.6. The number of aromatic amines is 1. The average molecular weight is 291 g/mol. The van der Waals surface area contributed by atoms with Crippen LogP contribution < -0.4 is 11.2 Å². The smallest absolute Gasteiger partial charge is 0.345 e. The first-order valence-corrected chi connectivity index (χ1v) is 6.48. The van der Waals surface area contributed by atoms with Crippen molar-refractivity contribution in [3.8, 4) is 0 Å². The molecule has 1 aromatic heterocycles. The lowest BCUT2D eigenvalue weighted by Gasteiger charge is -2.12. The van der Waals surface area contributed by atoms with Crippen LogP contribution in [0.15, 0.2) is 15.8 Å². The number of rotatable bonds is 4. The number of nitrogens with one attached hydrogen (secondary N) is 1.